The van der Waals surface area contributed by atoms with Gasteiger partial charge in [0.25, 0.3) is 0 Å². The molecule has 0 bridgehead atoms. The van der Waals surface area contributed by atoms with E-state index in [1.54, 1.807) is 0 Å². The second-order valence-corrected chi connectivity index (χ2v) is 3.15. The second kappa shape index (κ2) is 3.18. The number of benzene rings is 1. The number of halogens is 1. The molecular weight excluding hydrogens is 163 g/mol. The van der Waals surface area contributed by atoms with Gasteiger partial charge in [0.05, 0.1) is 0 Å². The van der Waals surface area contributed by atoms with Gasteiger partial charge in [0.15, 0.2) is 0 Å². The van der Waals surface area contributed by atoms with Gasteiger partial charge in [0.2, 0.25) is 0 Å². The van der Waals surface area contributed by atoms with Crippen molar-refractivity contribution in [1.29, 1.82) is 0 Å². The average Bonchev–Trinajstić information content (AvgIpc) is 1.88. The van der Waals surface area contributed by atoms with Crippen LogP contribution in [0.4, 0.5) is 0 Å². The van der Waals surface area contributed by atoms with E-state index in [-0.39, 0.29) is 0 Å². The topological polar surface area (TPSA) is 0 Å². The molecule has 0 N–H and O–H groups in total. The van der Waals surface area contributed by atoms with E-state index in [1.807, 2.05) is 24.3 Å². The van der Waals surface area contributed by atoms with Crippen molar-refractivity contribution in [2.24, 2.45) is 0 Å². The minimum absolute atomic E-state index is 0.588. The third kappa shape index (κ3) is 1.83. The zero-order valence-electron chi connectivity index (χ0n) is 5.47. The molecular formula is C8H8ClP. The molecule has 52 valence electrons. The molecule has 0 amide bonds. The molecule has 10 heavy (non-hydrogen) atoms. The molecule has 0 radical (unpaired) electrons. The fourth-order valence-electron chi connectivity index (χ4n) is 0.664. The van der Waals surface area contributed by atoms with Crippen molar-refractivity contribution < 1.29 is 0 Å². The van der Waals surface area contributed by atoms with Crippen LogP contribution < -0.4 is 5.30 Å². The molecule has 1 aromatic carbocycles. The molecule has 0 aliphatic carbocycles. The Bertz CT molecular complexity index is 238. The molecule has 1 rings (SSSR count). The molecule has 1 unspecified atom stereocenters. The third-order valence-corrected chi connectivity index (χ3v) is 1.83. The maximum absolute atomic E-state index is 5.65. The first-order chi connectivity index (χ1) is 4.70. The van der Waals surface area contributed by atoms with Crippen LogP contribution in [0.1, 0.15) is 5.56 Å². The monoisotopic (exact) mass is 170 g/mol. The van der Waals surface area contributed by atoms with Gasteiger partial charge in [-0.3, -0.25) is 0 Å². The van der Waals surface area contributed by atoms with Crippen molar-refractivity contribution in [2.75, 3.05) is 0 Å². The van der Waals surface area contributed by atoms with Crippen LogP contribution in [0.15, 0.2) is 30.8 Å². The van der Waals surface area contributed by atoms with E-state index < -0.39 is 0 Å². The van der Waals surface area contributed by atoms with Gasteiger partial charge in [0, 0.05) is 5.03 Å². The largest absolute Gasteiger partial charge is 0.106 e. The average molecular weight is 171 g/mol. The Kier molecular flexibility index (Phi) is 2.48. The van der Waals surface area contributed by atoms with E-state index in [0.29, 0.717) is 5.03 Å². The fourth-order valence-corrected chi connectivity index (χ4v) is 0.982. The molecule has 1 aromatic rings. The van der Waals surface area contributed by atoms with Crippen LogP contribution in [0.25, 0.3) is 5.03 Å². The summed E-state index contributed by atoms with van der Waals surface area (Å²) in [7, 11) is 2.61. The van der Waals surface area contributed by atoms with Crippen LogP contribution in [0.3, 0.4) is 0 Å². The van der Waals surface area contributed by atoms with E-state index in [1.165, 1.54) is 0 Å². The number of hydrogen-bond acceptors (Lipinski definition) is 0. The molecule has 0 heterocycles. The summed E-state index contributed by atoms with van der Waals surface area (Å²) >= 11 is 5.65. The van der Waals surface area contributed by atoms with Crippen LogP contribution in [0.5, 0.6) is 0 Å². The maximum atomic E-state index is 5.65. The Balaban J connectivity index is 3.00. The molecule has 0 saturated heterocycles. The number of hydrogen-bond donors (Lipinski definition) is 0. The van der Waals surface area contributed by atoms with Gasteiger partial charge < -0.3 is 0 Å². The standard InChI is InChI=1S/C8H8ClP/c1-6(9)7-2-4-8(10)5-3-7/h2-5H,1,10H2. The lowest BCUT2D eigenvalue weighted by molar-refractivity contribution is 1.70. The molecule has 0 aliphatic rings. The lowest BCUT2D eigenvalue weighted by atomic mass is 10.2. The molecule has 0 fully saturated rings. The van der Waals surface area contributed by atoms with Crippen molar-refractivity contribution in [2.45, 2.75) is 0 Å². The first kappa shape index (κ1) is 7.78. The summed E-state index contributed by atoms with van der Waals surface area (Å²) in [6, 6.07) is 7.84. The van der Waals surface area contributed by atoms with Crippen LogP contribution in [-0.2, 0) is 0 Å². The smallest absolute Gasteiger partial charge is 0.0406 e. The third-order valence-electron chi connectivity index (χ3n) is 1.22. The summed E-state index contributed by atoms with van der Waals surface area (Å²) in [5, 5.41) is 1.74. The van der Waals surface area contributed by atoms with Crippen LogP contribution in [-0.4, -0.2) is 0 Å². The summed E-state index contributed by atoms with van der Waals surface area (Å²) < 4.78 is 0. The summed E-state index contributed by atoms with van der Waals surface area (Å²) in [4.78, 5) is 0. The predicted molar refractivity (Wildman–Crippen MR) is 50.7 cm³/mol. The molecule has 0 aromatic heterocycles. The molecule has 0 aliphatic heterocycles. The lowest BCUT2D eigenvalue weighted by Gasteiger charge is -1.96. The maximum Gasteiger partial charge on any atom is 0.0406 e. The minimum atomic E-state index is 0.588. The van der Waals surface area contributed by atoms with Gasteiger partial charge in [-0.2, -0.15) is 0 Å². The van der Waals surface area contributed by atoms with Crippen molar-refractivity contribution in [3.63, 3.8) is 0 Å². The highest BCUT2D eigenvalue weighted by Crippen LogP contribution is 2.14. The first-order valence-corrected chi connectivity index (χ1v) is 3.86. The summed E-state index contributed by atoms with van der Waals surface area (Å²) in [6.45, 7) is 3.61. The van der Waals surface area contributed by atoms with Gasteiger partial charge in [-0.1, -0.05) is 42.4 Å². The molecule has 0 saturated carbocycles. The van der Waals surface area contributed by atoms with Crippen molar-refractivity contribution in [3.05, 3.63) is 36.4 Å². The summed E-state index contributed by atoms with van der Waals surface area (Å²) in [5.74, 6) is 0. The minimum Gasteiger partial charge on any atom is -0.106 e. The Morgan fingerprint density at radius 1 is 1.30 bits per heavy atom. The lowest BCUT2D eigenvalue weighted by Crippen LogP contribution is -1.87. The van der Waals surface area contributed by atoms with E-state index >= 15 is 0 Å². The first-order valence-electron chi connectivity index (χ1n) is 2.90. The van der Waals surface area contributed by atoms with Gasteiger partial charge in [-0.05, 0) is 10.9 Å². The highest BCUT2D eigenvalue weighted by atomic mass is 35.5. The Hall–Kier alpha value is -0.320. The Labute approximate surface area is 68.1 Å². The van der Waals surface area contributed by atoms with Gasteiger partial charge in [0.1, 0.15) is 0 Å². The van der Waals surface area contributed by atoms with E-state index in [2.05, 4.69) is 15.8 Å². The van der Waals surface area contributed by atoms with E-state index in [0.717, 1.165) is 10.9 Å². The summed E-state index contributed by atoms with van der Waals surface area (Å²) in [5.41, 5.74) is 0.980. The summed E-state index contributed by atoms with van der Waals surface area (Å²) in [6.07, 6.45) is 0. The van der Waals surface area contributed by atoms with Crippen molar-refractivity contribution in [1.82, 2.24) is 0 Å². The molecule has 0 nitrogen and oxygen atoms in total. The zero-order valence-corrected chi connectivity index (χ0v) is 7.38. The van der Waals surface area contributed by atoms with Crippen LogP contribution >= 0.6 is 20.8 Å². The van der Waals surface area contributed by atoms with Crippen molar-refractivity contribution in [3.8, 4) is 0 Å². The quantitative estimate of drug-likeness (QED) is 0.568. The highest BCUT2D eigenvalue weighted by molar-refractivity contribution is 7.27. The normalized spacial score (nSPS) is 9.40. The molecule has 0 spiro atoms. The van der Waals surface area contributed by atoms with Gasteiger partial charge in [-0.25, -0.2) is 0 Å². The zero-order chi connectivity index (χ0) is 7.56. The second-order valence-electron chi connectivity index (χ2n) is 2.03. The molecule has 1 atom stereocenters. The predicted octanol–water partition coefficient (Wildman–Crippen LogP) is 2.40. The van der Waals surface area contributed by atoms with Gasteiger partial charge in [-0.15, -0.1) is 9.24 Å². The van der Waals surface area contributed by atoms with Crippen LogP contribution in [0.2, 0.25) is 0 Å². The Morgan fingerprint density at radius 2 is 1.80 bits per heavy atom. The SMILES string of the molecule is C=C(Cl)c1ccc(P)cc1. The highest BCUT2D eigenvalue weighted by Gasteiger charge is 1.91. The van der Waals surface area contributed by atoms with Crippen molar-refractivity contribution >= 4 is 31.2 Å². The van der Waals surface area contributed by atoms with E-state index in [9.17, 15) is 0 Å². The van der Waals surface area contributed by atoms with E-state index in [4.69, 9.17) is 11.6 Å². The number of rotatable bonds is 1. The Morgan fingerprint density at radius 3 is 2.20 bits per heavy atom. The molecule has 2 heteroatoms. The fraction of sp³-hybridized carbons (Fsp3) is 0. The van der Waals surface area contributed by atoms with Gasteiger partial charge >= 0.3 is 0 Å². The van der Waals surface area contributed by atoms with Crippen LogP contribution in [0, 0.1) is 0 Å².